The monoisotopic (exact) mass is 215 g/mol. The number of hydrogen-bond donors (Lipinski definition) is 0. The van der Waals surface area contributed by atoms with Crippen molar-refractivity contribution < 1.29 is 0 Å². The van der Waals surface area contributed by atoms with Crippen LogP contribution in [-0.2, 0) is 0 Å². The van der Waals surface area contributed by atoms with Crippen molar-refractivity contribution in [2.45, 2.75) is 38.6 Å². The van der Waals surface area contributed by atoms with E-state index in [2.05, 4.69) is 22.9 Å². The maximum absolute atomic E-state index is 8.88. The molecule has 1 fully saturated rings. The van der Waals surface area contributed by atoms with Crippen LogP contribution in [0.2, 0.25) is 0 Å². The SMILES string of the molecule is CCCCN(c1cc(C#N)ccn1)C1CC1. The Labute approximate surface area is 96.7 Å². The summed E-state index contributed by atoms with van der Waals surface area (Å²) in [6, 6.07) is 6.49. The molecule has 0 N–H and O–H groups in total. The fourth-order valence-electron chi connectivity index (χ4n) is 1.84. The zero-order valence-corrected chi connectivity index (χ0v) is 9.69. The number of rotatable bonds is 5. The van der Waals surface area contributed by atoms with Gasteiger partial charge in [0.1, 0.15) is 5.82 Å². The van der Waals surface area contributed by atoms with Crippen LogP contribution in [0.3, 0.4) is 0 Å². The third-order valence-electron chi connectivity index (χ3n) is 2.91. The van der Waals surface area contributed by atoms with E-state index in [-0.39, 0.29) is 0 Å². The smallest absolute Gasteiger partial charge is 0.130 e. The normalized spacial score (nSPS) is 14.5. The van der Waals surface area contributed by atoms with Gasteiger partial charge in [0.2, 0.25) is 0 Å². The zero-order chi connectivity index (χ0) is 11.4. The standard InChI is InChI=1S/C13H17N3/c1-2-3-8-16(12-4-5-12)13-9-11(10-14)6-7-15-13/h6-7,9,12H,2-5,8H2,1H3. The van der Waals surface area contributed by atoms with Crippen LogP contribution in [0.4, 0.5) is 5.82 Å². The highest BCUT2D eigenvalue weighted by atomic mass is 15.2. The van der Waals surface area contributed by atoms with Gasteiger partial charge in [0.05, 0.1) is 11.6 Å². The van der Waals surface area contributed by atoms with Gasteiger partial charge in [-0.2, -0.15) is 5.26 Å². The number of anilines is 1. The lowest BCUT2D eigenvalue weighted by molar-refractivity contribution is 0.704. The van der Waals surface area contributed by atoms with Crippen LogP contribution in [0, 0.1) is 11.3 Å². The van der Waals surface area contributed by atoms with Crippen molar-refractivity contribution in [2.75, 3.05) is 11.4 Å². The number of hydrogen-bond acceptors (Lipinski definition) is 3. The maximum Gasteiger partial charge on any atom is 0.130 e. The molecule has 3 nitrogen and oxygen atoms in total. The number of unbranched alkanes of at least 4 members (excludes halogenated alkanes) is 1. The van der Waals surface area contributed by atoms with Crippen LogP contribution in [-0.4, -0.2) is 17.6 Å². The molecule has 0 amide bonds. The summed E-state index contributed by atoms with van der Waals surface area (Å²) in [7, 11) is 0. The highest BCUT2D eigenvalue weighted by molar-refractivity contribution is 5.46. The van der Waals surface area contributed by atoms with E-state index in [1.54, 1.807) is 12.3 Å². The van der Waals surface area contributed by atoms with Gasteiger partial charge in [-0.3, -0.25) is 0 Å². The van der Waals surface area contributed by atoms with Gasteiger partial charge in [-0.15, -0.1) is 0 Å². The molecule has 0 saturated heterocycles. The largest absolute Gasteiger partial charge is 0.354 e. The van der Waals surface area contributed by atoms with Gasteiger partial charge < -0.3 is 4.90 Å². The molecule has 84 valence electrons. The van der Waals surface area contributed by atoms with Crippen LogP contribution in [0.25, 0.3) is 0 Å². The van der Waals surface area contributed by atoms with Gasteiger partial charge in [-0.05, 0) is 31.4 Å². The molecule has 0 unspecified atom stereocenters. The first-order valence-electron chi connectivity index (χ1n) is 5.98. The van der Waals surface area contributed by atoms with E-state index in [1.165, 1.54) is 25.7 Å². The Morgan fingerprint density at radius 2 is 2.38 bits per heavy atom. The van der Waals surface area contributed by atoms with Gasteiger partial charge in [-0.1, -0.05) is 13.3 Å². The average Bonchev–Trinajstić information content (AvgIpc) is 3.14. The second kappa shape index (κ2) is 4.98. The van der Waals surface area contributed by atoms with E-state index < -0.39 is 0 Å². The Hall–Kier alpha value is -1.56. The molecule has 2 rings (SSSR count). The van der Waals surface area contributed by atoms with Crippen molar-refractivity contribution in [1.29, 1.82) is 5.26 Å². The summed E-state index contributed by atoms with van der Waals surface area (Å²) in [6.07, 6.45) is 6.65. The molecule has 1 aromatic heterocycles. The van der Waals surface area contributed by atoms with Gasteiger partial charge >= 0.3 is 0 Å². The number of aromatic nitrogens is 1. The fraction of sp³-hybridized carbons (Fsp3) is 0.538. The third-order valence-corrected chi connectivity index (χ3v) is 2.91. The molecule has 0 radical (unpaired) electrons. The Morgan fingerprint density at radius 1 is 1.56 bits per heavy atom. The highest BCUT2D eigenvalue weighted by Crippen LogP contribution is 2.30. The first kappa shape index (κ1) is 10.9. The summed E-state index contributed by atoms with van der Waals surface area (Å²) in [5.41, 5.74) is 0.701. The first-order chi connectivity index (χ1) is 7.85. The molecule has 0 bridgehead atoms. The zero-order valence-electron chi connectivity index (χ0n) is 9.69. The fourth-order valence-corrected chi connectivity index (χ4v) is 1.84. The molecule has 16 heavy (non-hydrogen) atoms. The molecule has 1 aliphatic carbocycles. The van der Waals surface area contributed by atoms with Crippen molar-refractivity contribution >= 4 is 5.82 Å². The quantitative estimate of drug-likeness (QED) is 0.758. The van der Waals surface area contributed by atoms with Crippen LogP contribution in [0.15, 0.2) is 18.3 Å². The van der Waals surface area contributed by atoms with Crippen molar-refractivity contribution in [3.05, 3.63) is 23.9 Å². The molecular weight excluding hydrogens is 198 g/mol. The lowest BCUT2D eigenvalue weighted by Crippen LogP contribution is -2.27. The summed E-state index contributed by atoms with van der Waals surface area (Å²) in [4.78, 5) is 6.73. The highest BCUT2D eigenvalue weighted by Gasteiger charge is 2.29. The Kier molecular flexibility index (Phi) is 3.40. The second-order valence-corrected chi connectivity index (χ2v) is 4.29. The van der Waals surface area contributed by atoms with E-state index in [0.29, 0.717) is 11.6 Å². The lowest BCUT2D eigenvalue weighted by atomic mass is 10.2. The Morgan fingerprint density at radius 3 is 3.00 bits per heavy atom. The summed E-state index contributed by atoms with van der Waals surface area (Å²) >= 11 is 0. The van der Waals surface area contributed by atoms with Crippen molar-refractivity contribution in [3.8, 4) is 6.07 Å². The van der Waals surface area contributed by atoms with E-state index in [9.17, 15) is 0 Å². The minimum atomic E-state index is 0.660. The summed E-state index contributed by atoms with van der Waals surface area (Å²) in [6.45, 7) is 3.26. The lowest BCUT2D eigenvalue weighted by Gasteiger charge is -2.23. The summed E-state index contributed by atoms with van der Waals surface area (Å²) in [5.74, 6) is 0.968. The van der Waals surface area contributed by atoms with Gasteiger partial charge in [0.15, 0.2) is 0 Å². The van der Waals surface area contributed by atoms with Crippen molar-refractivity contribution in [2.24, 2.45) is 0 Å². The van der Waals surface area contributed by atoms with Crippen LogP contribution in [0.1, 0.15) is 38.2 Å². The van der Waals surface area contributed by atoms with Crippen LogP contribution < -0.4 is 4.90 Å². The van der Waals surface area contributed by atoms with Gasteiger partial charge in [-0.25, -0.2) is 4.98 Å². The molecule has 0 aliphatic heterocycles. The number of nitriles is 1. The molecular formula is C13H17N3. The molecule has 1 heterocycles. The average molecular weight is 215 g/mol. The second-order valence-electron chi connectivity index (χ2n) is 4.29. The number of nitrogens with zero attached hydrogens (tertiary/aromatic N) is 3. The topological polar surface area (TPSA) is 39.9 Å². The molecule has 1 aromatic rings. The third kappa shape index (κ3) is 2.52. The Bertz CT molecular complexity index is 390. The minimum Gasteiger partial charge on any atom is -0.354 e. The predicted molar refractivity (Wildman–Crippen MR) is 64.2 cm³/mol. The molecule has 1 saturated carbocycles. The first-order valence-corrected chi connectivity index (χ1v) is 5.98. The van der Waals surface area contributed by atoms with Gasteiger partial charge in [0, 0.05) is 18.8 Å². The molecule has 3 heteroatoms. The van der Waals surface area contributed by atoms with Crippen LogP contribution in [0.5, 0.6) is 0 Å². The molecule has 0 spiro atoms. The van der Waals surface area contributed by atoms with Crippen molar-refractivity contribution in [1.82, 2.24) is 4.98 Å². The molecule has 0 aromatic carbocycles. The van der Waals surface area contributed by atoms with E-state index >= 15 is 0 Å². The van der Waals surface area contributed by atoms with E-state index in [4.69, 9.17) is 5.26 Å². The summed E-state index contributed by atoms with van der Waals surface area (Å²) in [5, 5.41) is 8.88. The predicted octanol–water partition coefficient (Wildman–Crippen LogP) is 2.72. The number of pyridine rings is 1. The maximum atomic E-state index is 8.88. The van der Waals surface area contributed by atoms with E-state index in [0.717, 1.165) is 12.4 Å². The van der Waals surface area contributed by atoms with Crippen LogP contribution >= 0.6 is 0 Å². The van der Waals surface area contributed by atoms with Crippen molar-refractivity contribution in [3.63, 3.8) is 0 Å². The van der Waals surface area contributed by atoms with E-state index in [1.807, 2.05) is 6.07 Å². The molecule has 0 atom stereocenters. The molecule has 1 aliphatic rings. The van der Waals surface area contributed by atoms with Gasteiger partial charge in [0.25, 0.3) is 0 Å². The summed E-state index contributed by atoms with van der Waals surface area (Å²) < 4.78 is 0. The minimum absolute atomic E-state index is 0.660. The Balaban J connectivity index is 2.14.